The van der Waals surface area contributed by atoms with Crippen molar-refractivity contribution in [3.8, 4) is 5.75 Å². The first-order valence-electron chi connectivity index (χ1n) is 11.1. The Morgan fingerprint density at radius 3 is 2.57 bits per heavy atom. The van der Waals surface area contributed by atoms with Crippen LogP contribution in [0.25, 0.3) is 0 Å². The van der Waals surface area contributed by atoms with E-state index < -0.39 is 0 Å². The highest BCUT2D eigenvalue weighted by molar-refractivity contribution is 5.78. The van der Waals surface area contributed by atoms with Crippen molar-refractivity contribution in [2.75, 3.05) is 52.6 Å². The van der Waals surface area contributed by atoms with Crippen molar-refractivity contribution in [3.05, 3.63) is 30.1 Å². The van der Waals surface area contributed by atoms with Crippen molar-refractivity contribution in [2.45, 2.75) is 44.8 Å². The van der Waals surface area contributed by atoms with Crippen LogP contribution in [0.1, 0.15) is 32.6 Å². The van der Waals surface area contributed by atoms with Gasteiger partial charge in [0.1, 0.15) is 30.9 Å². The molecule has 0 N–H and O–H groups in total. The van der Waals surface area contributed by atoms with Crippen LogP contribution < -0.4 is 4.74 Å². The number of benzene rings is 1. The van der Waals surface area contributed by atoms with Crippen LogP contribution in [0.3, 0.4) is 0 Å². The van der Waals surface area contributed by atoms with Crippen LogP contribution >= 0.6 is 0 Å². The second-order valence-corrected chi connectivity index (χ2v) is 9.17. The van der Waals surface area contributed by atoms with Gasteiger partial charge in [-0.05, 0) is 55.4 Å². The number of nitrogens with zero attached hydrogens (tertiary/aromatic N) is 2. The van der Waals surface area contributed by atoms with Crippen LogP contribution in [0.5, 0.6) is 5.75 Å². The largest absolute Gasteiger partial charge is 0.491 e. The number of likely N-dealkylation sites (tertiary alicyclic amines) is 1. The van der Waals surface area contributed by atoms with Crippen molar-refractivity contribution >= 4 is 5.91 Å². The predicted octanol–water partition coefficient (Wildman–Crippen LogP) is 2.71. The zero-order valence-corrected chi connectivity index (χ0v) is 17.9. The van der Waals surface area contributed by atoms with Gasteiger partial charge in [0, 0.05) is 38.9 Å². The van der Waals surface area contributed by atoms with Gasteiger partial charge >= 0.3 is 0 Å². The van der Waals surface area contributed by atoms with Crippen molar-refractivity contribution in [1.29, 1.82) is 0 Å². The number of halogens is 1. The number of hydrogen-bond acceptors (Lipinski definition) is 5. The summed E-state index contributed by atoms with van der Waals surface area (Å²) < 4.78 is 30.0. The molecule has 0 bridgehead atoms. The molecule has 3 saturated heterocycles. The fourth-order valence-electron chi connectivity index (χ4n) is 4.77. The van der Waals surface area contributed by atoms with E-state index in [0.29, 0.717) is 24.3 Å². The van der Waals surface area contributed by atoms with Crippen LogP contribution in [0.15, 0.2) is 24.3 Å². The van der Waals surface area contributed by atoms with Crippen molar-refractivity contribution in [3.63, 3.8) is 0 Å². The van der Waals surface area contributed by atoms with Crippen LogP contribution in [0, 0.1) is 11.2 Å². The number of carbonyl (C=O) groups excluding carboxylic acids is 1. The summed E-state index contributed by atoms with van der Waals surface area (Å²) in [5.41, 5.74) is 0.350. The Morgan fingerprint density at radius 1 is 1.17 bits per heavy atom. The number of morpholine rings is 1. The van der Waals surface area contributed by atoms with Crippen molar-refractivity contribution < 1.29 is 23.4 Å². The molecule has 0 radical (unpaired) electrons. The molecule has 0 aliphatic carbocycles. The third-order valence-corrected chi connectivity index (χ3v) is 6.72. The molecule has 1 aromatic rings. The van der Waals surface area contributed by atoms with Gasteiger partial charge in [-0.2, -0.15) is 0 Å². The minimum Gasteiger partial charge on any atom is -0.491 e. The summed E-state index contributed by atoms with van der Waals surface area (Å²) in [6.07, 6.45) is 4.11. The zero-order valence-electron chi connectivity index (χ0n) is 17.9. The number of ether oxygens (including phenoxy) is 3. The molecule has 0 aromatic heterocycles. The summed E-state index contributed by atoms with van der Waals surface area (Å²) in [4.78, 5) is 17.0. The maximum Gasteiger partial charge on any atom is 0.248 e. The molecule has 6 nitrogen and oxygen atoms in total. The highest BCUT2D eigenvalue weighted by atomic mass is 19.1. The Balaban J connectivity index is 1.25. The summed E-state index contributed by atoms with van der Waals surface area (Å²) in [6.45, 7) is 8.31. The van der Waals surface area contributed by atoms with Gasteiger partial charge in [0.15, 0.2) is 0 Å². The topological polar surface area (TPSA) is 51.2 Å². The molecule has 3 aliphatic heterocycles. The van der Waals surface area contributed by atoms with Gasteiger partial charge in [-0.3, -0.25) is 4.79 Å². The summed E-state index contributed by atoms with van der Waals surface area (Å²) >= 11 is 0. The highest BCUT2D eigenvalue weighted by Gasteiger charge is 2.36. The molecule has 0 saturated carbocycles. The van der Waals surface area contributed by atoms with E-state index in [9.17, 15) is 9.18 Å². The SMILES string of the molecule is CC1(CN2CCC(N3CC(COc4ccc(F)cc4)OCC3=O)CC2)CCOCC1. The molecule has 1 amide bonds. The van der Waals surface area contributed by atoms with Crippen LogP contribution in [0.4, 0.5) is 4.39 Å². The lowest BCUT2D eigenvalue weighted by Crippen LogP contribution is -2.56. The fraction of sp³-hybridized carbons (Fsp3) is 0.696. The van der Waals surface area contributed by atoms with Gasteiger partial charge in [-0.1, -0.05) is 6.92 Å². The number of amides is 1. The van der Waals surface area contributed by atoms with E-state index in [1.54, 1.807) is 12.1 Å². The smallest absolute Gasteiger partial charge is 0.248 e. The maximum atomic E-state index is 13.0. The average molecular weight is 421 g/mol. The van der Waals surface area contributed by atoms with Crippen molar-refractivity contribution in [1.82, 2.24) is 9.80 Å². The minimum atomic E-state index is -0.287. The number of rotatable bonds is 6. The van der Waals surface area contributed by atoms with Crippen LogP contribution in [-0.2, 0) is 14.3 Å². The molecule has 1 atom stereocenters. The molecule has 30 heavy (non-hydrogen) atoms. The second-order valence-electron chi connectivity index (χ2n) is 9.17. The molecule has 0 spiro atoms. The van der Waals surface area contributed by atoms with Gasteiger partial charge in [-0.25, -0.2) is 4.39 Å². The van der Waals surface area contributed by atoms with E-state index in [-0.39, 0.29) is 30.5 Å². The molecular weight excluding hydrogens is 387 g/mol. The lowest BCUT2D eigenvalue weighted by atomic mass is 9.81. The quantitative estimate of drug-likeness (QED) is 0.708. The van der Waals surface area contributed by atoms with Gasteiger partial charge in [-0.15, -0.1) is 0 Å². The van der Waals surface area contributed by atoms with Crippen LogP contribution in [0.2, 0.25) is 0 Å². The first kappa shape index (κ1) is 21.5. The summed E-state index contributed by atoms with van der Waals surface area (Å²) in [6, 6.07) is 6.24. The van der Waals surface area contributed by atoms with E-state index in [4.69, 9.17) is 14.2 Å². The molecule has 7 heteroatoms. The summed E-state index contributed by atoms with van der Waals surface area (Å²) in [5, 5.41) is 0. The van der Waals surface area contributed by atoms with Gasteiger partial charge in [0.25, 0.3) is 0 Å². The second kappa shape index (κ2) is 9.62. The number of hydrogen-bond donors (Lipinski definition) is 0. The van der Waals surface area contributed by atoms with Gasteiger partial charge in [0.05, 0.1) is 6.54 Å². The van der Waals surface area contributed by atoms with E-state index in [1.807, 2.05) is 4.90 Å². The van der Waals surface area contributed by atoms with Gasteiger partial charge < -0.3 is 24.0 Å². The predicted molar refractivity (Wildman–Crippen MR) is 111 cm³/mol. The maximum absolute atomic E-state index is 13.0. The third-order valence-electron chi connectivity index (χ3n) is 6.72. The molecule has 4 rings (SSSR count). The number of carbonyl (C=O) groups is 1. The third kappa shape index (κ3) is 5.50. The normalized spacial score (nSPS) is 26.0. The van der Waals surface area contributed by atoms with Gasteiger partial charge in [0.2, 0.25) is 5.91 Å². The summed E-state index contributed by atoms with van der Waals surface area (Å²) in [5.74, 6) is 0.395. The standard InChI is InChI=1S/C23H33FN2O4/c1-23(8-12-28-13-9-23)17-25-10-6-19(7-11-25)26-14-21(30-16-22(26)27)15-29-20-4-2-18(24)3-5-20/h2-5,19,21H,6-17H2,1H3. The van der Waals surface area contributed by atoms with Crippen molar-refractivity contribution in [2.24, 2.45) is 5.41 Å². The monoisotopic (exact) mass is 420 g/mol. The van der Waals surface area contributed by atoms with E-state index in [0.717, 1.165) is 58.5 Å². The molecular formula is C23H33FN2O4. The molecule has 1 aromatic carbocycles. The first-order chi connectivity index (χ1) is 14.5. The van der Waals surface area contributed by atoms with Crippen LogP contribution in [-0.4, -0.2) is 80.5 Å². The van der Waals surface area contributed by atoms with E-state index in [1.165, 1.54) is 12.1 Å². The highest BCUT2D eigenvalue weighted by Crippen LogP contribution is 2.32. The lowest BCUT2D eigenvalue weighted by molar-refractivity contribution is -0.155. The average Bonchev–Trinajstić information content (AvgIpc) is 2.75. The Kier molecular flexibility index (Phi) is 6.91. The molecule has 1 unspecified atom stereocenters. The first-order valence-corrected chi connectivity index (χ1v) is 11.1. The van der Waals surface area contributed by atoms with E-state index in [2.05, 4.69) is 11.8 Å². The summed E-state index contributed by atoms with van der Waals surface area (Å²) in [7, 11) is 0. The fourth-order valence-corrected chi connectivity index (χ4v) is 4.77. The zero-order chi connectivity index (χ0) is 21.0. The number of piperidine rings is 1. The molecule has 3 heterocycles. The Labute approximate surface area is 178 Å². The minimum absolute atomic E-state index is 0.0721. The Morgan fingerprint density at radius 2 is 1.87 bits per heavy atom. The molecule has 166 valence electrons. The Bertz CT molecular complexity index is 700. The molecule has 3 fully saturated rings. The lowest BCUT2D eigenvalue weighted by Gasteiger charge is -2.44. The Hall–Kier alpha value is -1.70. The van der Waals surface area contributed by atoms with E-state index >= 15 is 0 Å². The molecule has 3 aliphatic rings.